The molecule has 0 unspecified atom stereocenters. The third kappa shape index (κ3) is 9.21. The summed E-state index contributed by atoms with van der Waals surface area (Å²) in [7, 11) is 0. The molecule has 0 aliphatic rings. The van der Waals surface area contributed by atoms with Crippen LogP contribution >= 0.6 is 34.0 Å². The molecule has 2 aromatic rings. The van der Waals surface area contributed by atoms with E-state index >= 15 is 0 Å². The lowest BCUT2D eigenvalue weighted by molar-refractivity contribution is 1.20. The van der Waals surface area contributed by atoms with Crippen LogP contribution in [0.3, 0.4) is 0 Å². The summed E-state index contributed by atoms with van der Waals surface area (Å²) in [6.07, 6.45) is 13.1. The fourth-order valence-electron chi connectivity index (χ4n) is 0.507. The molecule has 0 N–H and O–H groups in total. The zero-order valence-corrected chi connectivity index (χ0v) is 10.7. The lowest BCUT2D eigenvalue weighted by Crippen LogP contribution is -1.66. The monoisotopic (exact) mass is 320 g/mol. The van der Waals surface area contributed by atoms with Gasteiger partial charge in [0.1, 0.15) is 0 Å². The molecule has 6 heteroatoms. The minimum atomic E-state index is 0. The van der Waals surface area contributed by atoms with Gasteiger partial charge in [0.2, 0.25) is 0 Å². The molecule has 0 amide bonds. The smallest absolute Gasteiger partial charge is 0.0451 e. The van der Waals surface area contributed by atoms with Gasteiger partial charge in [0.05, 0.1) is 0 Å². The van der Waals surface area contributed by atoms with Gasteiger partial charge in [-0.05, 0) is 0 Å². The van der Waals surface area contributed by atoms with Crippen LogP contribution < -0.4 is 0 Å². The van der Waals surface area contributed by atoms with Crippen LogP contribution in [-0.4, -0.2) is 19.9 Å². The van der Waals surface area contributed by atoms with Crippen LogP contribution in [0.2, 0.25) is 0 Å². The molecule has 2 aromatic heterocycles. The van der Waals surface area contributed by atoms with Crippen molar-refractivity contribution in [2.45, 2.75) is 0 Å². The minimum Gasteiger partial charge on any atom is -0.262 e. The van der Waals surface area contributed by atoms with Crippen molar-refractivity contribution in [2.24, 2.45) is 0 Å². The Labute approximate surface area is 103 Å². The van der Waals surface area contributed by atoms with E-state index in [4.69, 9.17) is 0 Å². The number of aromatic nitrogens is 4. The van der Waals surface area contributed by atoms with E-state index in [1.807, 2.05) is 0 Å². The van der Waals surface area contributed by atoms with Crippen molar-refractivity contribution in [2.75, 3.05) is 0 Å². The highest BCUT2D eigenvalue weighted by molar-refractivity contribution is 8.93. The Morgan fingerprint density at radius 2 is 0.500 bits per heavy atom. The first kappa shape index (κ1) is 15.6. The summed E-state index contributed by atoms with van der Waals surface area (Å²) in [5, 5.41) is 0. The molecule has 0 aliphatic heterocycles. The molecule has 0 spiro atoms. The molecular weight excluding hydrogens is 312 g/mol. The second kappa shape index (κ2) is 12.1. The first-order chi connectivity index (χ1) is 6.00. The van der Waals surface area contributed by atoms with Gasteiger partial charge in [-0.3, -0.25) is 19.9 Å². The van der Waals surface area contributed by atoms with Crippen molar-refractivity contribution in [3.63, 3.8) is 0 Å². The molecule has 0 saturated heterocycles. The second-order valence-corrected chi connectivity index (χ2v) is 1.79. The van der Waals surface area contributed by atoms with Gasteiger partial charge in [-0.25, -0.2) is 0 Å². The van der Waals surface area contributed by atoms with E-state index in [1.165, 1.54) is 0 Å². The number of rotatable bonds is 0. The molecule has 4 nitrogen and oxygen atoms in total. The standard InChI is InChI=1S/2C4H4N2.2BrH/c2*1-2-6-4-3-5-1;;/h2*1-4H;2*1H. The van der Waals surface area contributed by atoms with Crippen LogP contribution in [0.25, 0.3) is 0 Å². The van der Waals surface area contributed by atoms with Crippen LogP contribution in [0, 0.1) is 0 Å². The topological polar surface area (TPSA) is 51.6 Å². The van der Waals surface area contributed by atoms with Gasteiger partial charge >= 0.3 is 0 Å². The molecule has 0 bridgehead atoms. The first-order valence-corrected chi connectivity index (χ1v) is 3.40. The SMILES string of the molecule is Br.Br.c1cnccn1.c1cnccn1. The Hall–Kier alpha value is -0.880. The third-order valence-corrected chi connectivity index (χ3v) is 0.955. The Balaban J connectivity index is 0. The lowest BCUT2D eigenvalue weighted by Gasteiger charge is -1.70. The van der Waals surface area contributed by atoms with E-state index in [1.54, 1.807) is 49.6 Å². The van der Waals surface area contributed by atoms with Crippen molar-refractivity contribution in [1.29, 1.82) is 0 Å². The maximum absolute atomic E-state index is 3.72. The van der Waals surface area contributed by atoms with Crippen molar-refractivity contribution >= 4 is 34.0 Å². The average molecular weight is 322 g/mol. The second-order valence-electron chi connectivity index (χ2n) is 1.79. The third-order valence-electron chi connectivity index (χ3n) is 0.955. The van der Waals surface area contributed by atoms with Crippen molar-refractivity contribution < 1.29 is 0 Å². The Morgan fingerprint density at radius 1 is 0.357 bits per heavy atom. The molecule has 2 heterocycles. The van der Waals surface area contributed by atoms with Gasteiger partial charge in [-0.15, -0.1) is 34.0 Å². The van der Waals surface area contributed by atoms with Crippen molar-refractivity contribution in [3.8, 4) is 0 Å². The van der Waals surface area contributed by atoms with Crippen LogP contribution in [0.5, 0.6) is 0 Å². The predicted octanol–water partition coefficient (Wildman–Crippen LogP) is 2.11. The molecule has 0 fully saturated rings. The predicted molar refractivity (Wildman–Crippen MR) is 64.7 cm³/mol. The quantitative estimate of drug-likeness (QED) is 0.745. The highest BCUT2D eigenvalue weighted by Crippen LogP contribution is 1.66. The Morgan fingerprint density at radius 3 is 0.571 bits per heavy atom. The van der Waals surface area contributed by atoms with Gasteiger partial charge in [0.15, 0.2) is 0 Å². The van der Waals surface area contributed by atoms with E-state index in [0.717, 1.165) is 0 Å². The first-order valence-electron chi connectivity index (χ1n) is 3.40. The van der Waals surface area contributed by atoms with Crippen LogP contribution in [0.1, 0.15) is 0 Å². The molecule has 0 atom stereocenters. The summed E-state index contributed by atoms with van der Waals surface area (Å²) in [6.45, 7) is 0. The number of halogens is 2. The normalized spacial score (nSPS) is 6.86. The summed E-state index contributed by atoms with van der Waals surface area (Å²) in [5.74, 6) is 0. The van der Waals surface area contributed by atoms with E-state index in [2.05, 4.69) is 19.9 Å². The van der Waals surface area contributed by atoms with Crippen LogP contribution in [0.4, 0.5) is 0 Å². The maximum Gasteiger partial charge on any atom is 0.0451 e. The minimum absolute atomic E-state index is 0. The van der Waals surface area contributed by atoms with E-state index in [0.29, 0.717) is 0 Å². The van der Waals surface area contributed by atoms with Crippen LogP contribution in [0.15, 0.2) is 49.6 Å². The number of nitrogens with zero attached hydrogens (tertiary/aromatic N) is 4. The Bertz CT molecular complexity index is 195. The fourth-order valence-corrected chi connectivity index (χ4v) is 0.507. The number of hydrogen-bond donors (Lipinski definition) is 0. The zero-order chi connectivity index (χ0) is 8.49. The van der Waals surface area contributed by atoms with Gasteiger partial charge in [0.25, 0.3) is 0 Å². The molecule has 76 valence electrons. The van der Waals surface area contributed by atoms with Gasteiger partial charge in [-0.2, -0.15) is 0 Å². The summed E-state index contributed by atoms with van der Waals surface area (Å²) in [5.41, 5.74) is 0. The summed E-state index contributed by atoms with van der Waals surface area (Å²) < 4.78 is 0. The molecule has 2 rings (SSSR count). The maximum atomic E-state index is 3.72. The molecular formula is C8H10Br2N4. The molecule has 0 aliphatic carbocycles. The summed E-state index contributed by atoms with van der Waals surface area (Å²) >= 11 is 0. The summed E-state index contributed by atoms with van der Waals surface area (Å²) in [4.78, 5) is 14.9. The lowest BCUT2D eigenvalue weighted by atomic mass is 10.8. The fraction of sp³-hybridized carbons (Fsp3) is 0. The molecule has 0 radical (unpaired) electrons. The molecule has 14 heavy (non-hydrogen) atoms. The van der Waals surface area contributed by atoms with E-state index in [9.17, 15) is 0 Å². The van der Waals surface area contributed by atoms with Gasteiger partial charge in [0, 0.05) is 49.6 Å². The van der Waals surface area contributed by atoms with Crippen molar-refractivity contribution in [3.05, 3.63) is 49.6 Å². The summed E-state index contributed by atoms with van der Waals surface area (Å²) in [6, 6.07) is 0. The van der Waals surface area contributed by atoms with Gasteiger partial charge < -0.3 is 0 Å². The van der Waals surface area contributed by atoms with Crippen molar-refractivity contribution in [1.82, 2.24) is 19.9 Å². The van der Waals surface area contributed by atoms with Gasteiger partial charge in [-0.1, -0.05) is 0 Å². The van der Waals surface area contributed by atoms with E-state index < -0.39 is 0 Å². The molecule has 0 aromatic carbocycles. The van der Waals surface area contributed by atoms with Crippen LogP contribution in [-0.2, 0) is 0 Å². The van der Waals surface area contributed by atoms with E-state index in [-0.39, 0.29) is 34.0 Å². The largest absolute Gasteiger partial charge is 0.262 e. The zero-order valence-electron chi connectivity index (χ0n) is 7.22. The molecule has 0 saturated carbocycles. The highest BCUT2D eigenvalue weighted by Gasteiger charge is 1.59. The number of hydrogen-bond acceptors (Lipinski definition) is 4. The average Bonchev–Trinajstić information content (AvgIpc) is 2.24. The Kier molecular flexibility index (Phi) is 13.5. The highest BCUT2D eigenvalue weighted by atomic mass is 79.9.